The summed E-state index contributed by atoms with van der Waals surface area (Å²) in [4.78, 5) is 48.9. The maximum absolute atomic E-state index is 12.5. The molecular formula is C23H24N4O6. The Morgan fingerprint density at radius 1 is 1.03 bits per heavy atom. The number of anilines is 1. The van der Waals surface area contributed by atoms with Gasteiger partial charge in [0.1, 0.15) is 0 Å². The smallest absolute Gasteiger partial charge is 0.272 e. The van der Waals surface area contributed by atoms with E-state index in [4.69, 9.17) is 9.47 Å². The van der Waals surface area contributed by atoms with Crippen LogP contribution in [0, 0.1) is 0 Å². The number of H-pyrrole nitrogens is 2. The van der Waals surface area contributed by atoms with Gasteiger partial charge in [0.25, 0.3) is 17.0 Å². The standard InChI is InChI=1S/C23H24N4O6/c1-32-18-11-13(9-10-17(18)33-14-5-2-3-6-14)21(29)24-12-19(28)25-16-8-4-7-15-20(16)23(31)27-26-22(15)30/h4,7-11,14H,2-3,5-6,12H2,1H3,(H,24,29)(H,25,28)(H,26,30)(H,27,31). The lowest BCUT2D eigenvalue weighted by atomic mass is 10.1. The summed E-state index contributed by atoms with van der Waals surface area (Å²) < 4.78 is 11.3. The lowest BCUT2D eigenvalue weighted by Gasteiger charge is -2.16. The fourth-order valence-corrected chi connectivity index (χ4v) is 3.88. The third-order valence-electron chi connectivity index (χ3n) is 5.53. The number of aromatic amines is 2. The molecule has 33 heavy (non-hydrogen) atoms. The van der Waals surface area contributed by atoms with Crippen LogP contribution in [0.1, 0.15) is 36.0 Å². The van der Waals surface area contributed by atoms with Crippen molar-refractivity contribution >= 4 is 28.3 Å². The highest BCUT2D eigenvalue weighted by atomic mass is 16.5. The Morgan fingerprint density at radius 2 is 1.79 bits per heavy atom. The van der Waals surface area contributed by atoms with E-state index in [0.29, 0.717) is 17.1 Å². The maximum Gasteiger partial charge on any atom is 0.272 e. The van der Waals surface area contributed by atoms with Crippen LogP contribution in [0.25, 0.3) is 10.8 Å². The predicted molar refractivity (Wildman–Crippen MR) is 122 cm³/mol. The van der Waals surface area contributed by atoms with E-state index in [-0.39, 0.29) is 29.1 Å². The number of carbonyl (C=O) groups is 2. The molecule has 0 unspecified atom stereocenters. The van der Waals surface area contributed by atoms with Crippen molar-refractivity contribution in [2.45, 2.75) is 31.8 Å². The third-order valence-corrected chi connectivity index (χ3v) is 5.53. The Kier molecular flexibility index (Phi) is 6.43. The summed E-state index contributed by atoms with van der Waals surface area (Å²) in [6, 6.07) is 9.39. The monoisotopic (exact) mass is 452 g/mol. The van der Waals surface area contributed by atoms with E-state index in [2.05, 4.69) is 20.8 Å². The summed E-state index contributed by atoms with van der Waals surface area (Å²) in [5.41, 5.74) is -0.541. The lowest BCUT2D eigenvalue weighted by Crippen LogP contribution is -2.33. The quantitative estimate of drug-likeness (QED) is 0.431. The lowest BCUT2D eigenvalue weighted by molar-refractivity contribution is -0.115. The van der Waals surface area contributed by atoms with Crippen LogP contribution in [0.4, 0.5) is 5.69 Å². The molecule has 1 aliphatic carbocycles. The molecule has 10 nitrogen and oxygen atoms in total. The van der Waals surface area contributed by atoms with E-state index in [1.165, 1.54) is 19.2 Å². The Labute approximate surface area is 188 Å². The van der Waals surface area contributed by atoms with Crippen LogP contribution in [-0.2, 0) is 4.79 Å². The molecule has 1 heterocycles. The van der Waals surface area contributed by atoms with Gasteiger partial charge in [0.2, 0.25) is 5.91 Å². The molecule has 0 radical (unpaired) electrons. The fourth-order valence-electron chi connectivity index (χ4n) is 3.88. The number of carbonyl (C=O) groups excluding carboxylic acids is 2. The fraction of sp³-hybridized carbons (Fsp3) is 0.304. The molecule has 10 heteroatoms. The summed E-state index contributed by atoms with van der Waals surface area (Å²) >= 11 is 0. The van der Waals surface area contributed by atoms with Gasteiger partial charge in [0.05, 0.1) is 36.2 Å². The van der Waals surface area contributed by atoms with Crippen molar-refractivity contribution < 1.29 is 19.1 Å². The number of fused-ring (bicyclic) bond motifs is 1. The van der Waals surface area contributed by atoms with Crippen molar-refractivity contribution in [3.63, 3.8) is 0 Å². The van der Waals surface area contributed by atoms with Crippen LogP contribution in [0.3, 0.4) is 0 Å². The molecule has 2 aromatic carbocycles. The second-order valence-electron chi connectivity index (χ2n) is 7.76. The minimum Gasteiger partial charge on any atom is -0.493 e. The number of rotatable bonds is 7. The molecule has 1 saturated carbocycles. The predicted octanol–water partition coefficient (Wildman–Crippen LogP) is 1.91. The molecule has 1 fully saturated rings. The Balaban J connectivity index is 1.41. The van der Waals surface area contributed by atoms with Gasteiger partial charge >= 0.3 is 0 Å². The second kappa shape index (κ2) is 9.60. The summed E-state index contributed by atoms with van der Waals surface area (Å²) in [6.45, 7) is -0.334. The number of hydrogen-bond donors (Lipinski definition) is 4. The Hall–Kier alpha value is -4.08. The summed E-state index contributed by atoms with van der Waals surface area (Å²) in [6.07, 6.45) is 4.42. The summed E-state index contributed by atoms with van der Waals surface area (Å²) in [7, 11) is 1.50. The zero-order valence-electron chi connectivity index (χ0n) is 18.0. The molecule has 172 valence electrons. The molecule has 0 saturated heterocycles. The van der Waals surface area contributed by atoms with Gasteiger partial charge in [-0.3, -0.25) is 29.4 Å². The maximum atomic E-state index is 12.5. The number of hydrogen-bond acceptors (Lipinski definition) is 6. The normalized spacial score (nSPS) is 13.6. The van der Waals surface area contributed by atoms with Crippen LogP contribution in [0.2, 0.25) is 0 Å². The average Bonchev–Trinajstić information content (AvgIpc) is 3.33. The van der Waals surface area contributed by atoms with Crippen LogP contribution >= 0.6 is 0 Å². The number of nitrogens with one attached hydrogen (secondary N) is 4. The van der Waals surface area contributed by atoms with Crippen LogP contribution in [0.15, 0.2) is 46.0 Å². The summed E-state index contributed by atoms with van der Waals surface area (Å²) in [5, 5.41) is 9.76. The van der Waals surface area contributed by atoms with Crippen LogP contribution in [0.5, 0.6) is 11.5 Å². The number of benzene rings is 2. The molecular weight excluding hydrogens is 428 g/mol. The van der Waals surface area contributed by atoms with Crippen molar-refractivity contribution in [1.29, 1.82) is 0 Å². The Morgan fingerprint density at radius 3 is 2.55 bits per heavy atom. The highest BCUT2D eigenvalue weighted by molar-refractivity contribution is 6.04. The molecule has 1 aromatic heterocycles. The van der Waals surface area contributed by atoms with Crippen molar-refractivity contribution in [3.8, 4) is 11.5 Å². The van der Waals surface area contributed by atoms with Crippen LogP contribution in [-0.4, -0.2) is 41.8 Å². The van der Waals surface area contributed by atoms with E-state index in [1.54, 1.807) is 24.3 Å². The van der Waals surface area contributed by atoms with Crippen molar-refractivity contribution in [1.82, 2.24) is 15.5 Å². The van der Waals surface area contributed by atoms with E-state index in [0.717, 1.165) is 25.7 Å². The van der Waals surface area contributed by atoms with Gasteiger partial charge in [-0.1, -0.05) is 6.07 Å². The van der Waals surface area contributed by atoms with Crippen molar-refractivity contribution in [2.75, 3.05) is 19.0 Å². The van der Waals surface area contributed by atoms with Crippen molar-refractivity contribution in [3.05, 3.63) is 62.7 Å². The molecule has 3 aromatic rings. The molecule has 0 spiro atoms. The molecule has 1 aliphatic rings. The minimum absolute atomic E-state index is 0.0588. The first-order valence-corrected chi connectivity index (χ1v) is 10.6. The SMILES string of the molecule is COc1cc(C(=O)NCC(=O)Nc2cccc3c(=O)[nH][nH]c(=O)c23)ccc1OC1CCCC1. The number of methoxy groups -OCH3 is 1. The van der Waals surface area contributed by atoms with E-state index in [1.807, 2.05) is 0 Å². The van der Waals surface area contributed by atoms with Crippen LogP contribution < -0.4 is 31.2 Å². The first-order valence-electron chi connectivity index (χ1n) is 10.6. The molecule has 2 amide bonds. The van der Waals surface area contributed by atoms with E-state index < -0.39 is 22.9 Å². The van der Waals surface area contributed by atoms with Gasteiger partial charge < -0.3 is 20.1 Å². The average molecular weight is 452 g/mol. The number of ether oxygens (including phenoxy) is 2. The first-order chi connectivity index (χ1) is 16.0. The molecule has 4 rings (SSSR count). The topological polar surface area (TPSA) is 142 Å². The highest BCUT2D eigenvalue weighted by Gasteiger charge is 2.19. The molecule has 0 atom stereocenters. The summed E-state index contributed by atoms with van der Waals surface area (Å²) in [5.74, 6) is 0.000762. The molecule has 0 bridgehead atoms. The minimum atomic E-state index is -0.552. The number of aromatic nitrogens is 2. The van der Waals surface area contributed by atoms with Gasteiger partial charge in [0, 0.05) is 5.56 Å². The molecule has 0 aliphatic heterocycles. The first kappa shape index (κ1) is 22.1. The number of amides is 2. The van der Waals surface area contributed by atoms with Gasteiger partial charge in [-0.2, -0.15) is 0 Å². The van der Waals surface area contributed by atoms with Gasteiger partial charge in [-0.25, -0.2) is 0 Å². The van der Waals surface area contributed by atoms with E-state index in [9.17, 15) is 19.2 Å². The molecule has 4 N–H and O–H groups in total. The van der Waals surface area contributed by atoms with Gasteiger partial charge in [-0.05, 0) is 56.0 Å². The van der Waals surface area contributed by atoms with E-state index >= 15 is 0 Å². The Bertz CT molecular complexity index is 1310. The zero-order valence-corrected chi connectivity index (χ0v) is 18.0. The van der Waals surface area contributed by atoms with Gasteiger partial charge in [-0.15, -0.1) is 0 Å². The zero-order chi connectivity index (χ0) is 23.4. The largest absolute Gasteiger partial charge is 0.493 e. The second-order valence-corrected chi connectivity index (χ2v) is 7.76. The van der Waals surface area contributed by atoms with Crippen molar-refractivity contribution in [2.24, 2.45) is 0 Å². The third kappa shape index (κ3) is 4.89. The van der Waals surface area contributed by atoms with Gasteiger partial charge in [0.15, 0.2) is 11.5 Å². The highest BCUT2D eigenvalue weighted by Crippen LogP contribution is 2.32.